The van der Waals surface area contributed by atoms with Gasteiger partial charge in [0.25, 0.3) is 0 Å². The van der Waals surface area contributed by atoms with E-state index in [1.165, 1.54) is 23.9 Å². The van der Waals surface area contributed by atoms with Crippen molar-refractivity contribution in [3.63, 3.8) is 0 Å². The zero-order chi connectivity index (χ0) is 18.5. The molecule has 2 aliphatic rings. The van der Waals surface area contributed by atoms with Crippen LogP contribution in [-0.2, 0) is 17.3 Å². The number of aliphatic imine (C=N–C) groups is 1. The highest BCUT2D eigenvalue weighted by molar-refractivity contribution is 8.14. The summed E-state index contributed by atoms with van der Waals surface area (Å²) in [6, 6.07) is 3.62. The molecular weight excluding hydrogens is 358 g/mol. The van der Waals surface area contributed by atoms with Crippen LogP contribution in [0.3, 0.4) is 0 Å². The number of benzene rings is 1. The minimum Gasteiger partial charge on any atom is -0.379 e. The van der Waals surface area contributed by atoms with Gasteiger partial charge in [-0.1, -0.05) is 24.8 Å². The SMILES string of the molecule is CC1SC(N)=N[C@@]2(c3ccc(F)cc3F)CO[C@@H](c3cnn(C)c3)C[C@@H]12. The predicted molar refractivity (Wildman–Crippen MR) is 96.7 cm³/mol. The molecule has 1 aromatic carbocycles. The average molecular weight is 378 g/mol. The van der Waals surface area contributed by atoms with Crippen LogP contribution in [0.25, 0.3) is 0 Å². The molecule has 1 aromatic heterocycles. The Morgan fingerprint density at radius 2 is 2.19 bits per heavy atom. The fraction of sp³-hybridized carbons (Fsp3) is 0.444. The lowest BCUT2D eigenvalue weighted by Crippen LogP contribution is -2.51. The van der Waals surface area contributed by atoms with E-state index in [0.29, 0.717) is 17.2 Å². The number of nitrogens with two attached hydrogens (primary N) is 1. The van der Waals surface area contributed by atoms with E-state index in [2.05, 4.69) is 17.0 Å². The molecule has 4 atom stereocenters. The zero-order valence-electron chi connectivity index (χ0n) is 14.5. The van der Waals surface area contributed by atoms with Crippen molar-refractivity contribution in [3.8, 4) is 0 Å². The van der Waals surface area contributed by atoms with E-state index in [0.717, 1.165) is 11.6 Å². The van der Waals surface area contributed by atoms with Crippen molar-refractivity contribution in [3.05, 3.63) is 53.4 Å². The highest BCUT2D eigenvalue weighted by atomic mass is 32.2. The smallest absolute Gasteiger partial charge is 0.155 e. The highest BCUT2D eigenvalue weighted by Crippen LogP contribution is 2.52. The van der Waals surface area contributed by atoms with Gasteiger partial charge in [0.1, 0.15) is 17.2 Å². The second-order valence-electron chi connectivity index (χ2n) is 6.91. The Bertz CT molecular complexity index is 871. The van der Waals surface area contributed by atoms with Crippen molar-refractivity contribution in [2.75, 3.05) is 6.61 Å². The number of thioether (sulfide) groups is 1. The van der Waals surface area contributed by atoms with Crippen LogP contribution in [0.5, 0.6) is 0 Å². The molecule has 0 saturated carbocycles. The van der Waals surface area contributed by atoms with E-state index < -0.39 is 17.2 Å². The molecule has 0 aliphatic carbocycles. The van der Waals surface area contributed by atoms with Gasteiger partial charge in [-0.25, -0.2) is 13.8 Å². The molecule has 1 fully saturated rings. The number of hydrogen-bond donors (Lipinski definition) is 1. The summed E-state index contributed by atoms with van der Waals surface area (Å²) in [5.41, 5.74) is 6.42. The Morgan fingerprint density at radius 1 is 1.38 bits per heavy atom. The fourth-order valence-electron chi connectivity index (χ4n) is 4.04. The number of aromatic nitrogens is 2. The molecule has 138 valence electrons. The summed E-state index contributed by atoms with van der Waals surface area (Å²) in [6.07, 6.45) is 4.24. The van der Waals surface area contributed by atoms with Crippen LogP contribution in [-0.4, -0.2) is 26.8 Å². The van der Waals surface area contributed by atoms with Crippen LogP contribution >= 0.6 is 11.8 Å². The molecule has 2 N–H and O–H groups in total. The topological polar surface area (TPSA) is 65.4 Å². The first-order valence-electron chi connectivity index (χ1n) is 8.47. The van der Waals surface area contributed by atoms with Gasteiger partial charge in [0, 0.05) is 41.6 Å². The lowest BCUT2D eigenvalue weighted by atomic mass is 9.72. The lowest BCUT2D eigenvalue weighted by Gasteiger charge is -2.48. The third kappa shape index (κ3) is 2.81. The van der Waals surface area contributed by atoms with Crippen LogP contribution in [0.2, 0.25) is 0 Å². The molecule has 8 heteroatoms. The second-order valence-corrected chi connectivity index (χ2v) is 8.31. The Kier molecular flexibility index (Phi) is 4.27. The van der Waals surface area contributed by atoms with E-state index in [1.807, 2.05) is 13.2 Å². The molecule has 1 saturated heterocycles. The van der Waals surface area contributed by atoms with Crippen molar-refractivity contribution in [2.45, 2.75) is 30.2 Å². The number of nitrogens with zero attached hydrogens (tertiary/aromatic N) is 3. The number of fused-ring (bicyclic) bond motifs is 1. The Balaban J connectivity index is 1.77. The van der Waals surface area contributed by atoms with E-state index in [4.69, 9.17) is 10.5 Å². The van der Waals surface area contributed by atoms with Gasteiger partial charge in [0.05, 0.1) is 18.9 Å². The largest absolute Gasteiger partial charge is 0.379 e. The Morgan fingerprint density at radius 3 is 2.88 bits per heavy atom. The zero-order valence-corrected chi connectivity index (χ0v) is 15.3. The number of amidine groups is 1. The number of halogens is 2. The predicted octanol–water partition coefficient (Wildman–Crippen LogP) is 3.12. The van der Waals surface area contributed by atoms with Crippen molar-refractivity contribution in [1.29, 1.82) is 0 Å². The van der Waals surface area contributed by atoms with Gasteiger partial charge in [-0.2, -0.15) is 5.10 Å². The van der Waals surface area contributed by atoms with Gasteiger partial charge in [0.2, 0.25) is 0 Å². The molecule has 3 heterocycles. The third-order valence-corrected chi connectivity index (χ3v) is 6.30. The summed E-state index contributed by atoms with van der Waals surface area (Å²) in [6.45, 7) is 2.25. The number of aryl methyl sites for hydroxylation is 1. The lowest BCUT2D eigenvalue weighted by molar-refractivity contribution is -0.0644. The maximum absolute atomic E-state index is 14.7. The van der Waals surface area contributed by atoms with Crippen LogP contribution < -0.4 is 5.73 Å². The summed E-state index contributed by atoms with van der Waals surface area (Å²) in [7, 11) is 1.86. The molecule has 0 bridgehead atoms. The van der Waals surface area contributed by atoms with E-state index in [-0.39, 0.29) is 23.9 Å². The molecule has 0 amide bonds. The summed E-state index contributed by atoms with van der Waals surface area (Å²) >= 11 is 1.49. The van der Waals surface area contributed by atoms with E-state index in [1.54, 1.807) is 10.9 Å². The number of rotatable bonds is 2. The number of hydrogen-bond acceptors (Lipinski definition) is 5. The maximum Gasteiger partial charge on any atom is 0.155 e. The quantitative estimate of drug-likeness (QED) is 0.872. The molecular formula is C18H20F2N4OS. The number of ether oxygens (including phenoxy) is 1. The van der Waals surface area contributed by atoms with Gasteiger partial charge in [-0.05, 0) is 12.5 Å². The van der Waals surface area contributed by atoms with Gasteiger partial charge < -0.3 is 10.5 Å². The average Bonchev–Trinajstić information content (AvgIpc) is 3.00. The Labute approximate surface area is 154 Å². The standard InChI is InChI=1S/C18H20F2N4OS/c1-10-14-6-16(11-7-22-24(2)8-11)25-9-18(14,23-17(21)26-10)13-4-3-12(19)5-15(13)20/h3-5,7-8,10,14,16H,6,9H2,1-2H3,(H2,21,23)/t10?,14-,16+,18+/m0/s1. The van der Waals surface area contributed by atoms with Gasteiger partial charge >= 0.3 is 0 Å². The van der Waals surface area contributed by atoms with Crippen molar-refractivity contribution < 1.29 is 13.5 Å². The van der Waals surface area contributed by atoms with Crippen LogP contribution in [0.15, 0.2) is 35.6 Å². The minimum atomic E-state index is -0.939. The molecule has 4 rings (SSSR count). The van der Waals surface area contributed by atoms with Crippen molar-refractivity contribution >= 4 is 16.9 Å². The van der Waals surface area contributed by atoms with Gasteiger partial charge in [-0.15, -0.1) is 0 Å². The van der Waals surface area contributed by atoms with E-state index in [9.17, 15) is 8.78 Å². The summed E-state index contributed by atoms with van der Waals surface area (Å²) in [4.78, 5) is 4.63. The maximum atomic E-state index is 14.7. The van der Waals surface area contributed by atoms with Crippen molar-refractivity contribution in [1.82, 2.24) is 9.78 Å². The van der Waals surface area contributed by atoms with Gasteiger partial charge in [-0.3, -0.25) is 4.68 Å². The normalized spacial score (nSPS) is 31.4. The first-order chi connectivity index (χ1) is 12.4. The molecule has 5 nitrogen and oxygen atoms in total. The van der Waals surface area contributed by atoms with Crippen LogP contribution in [0, 0.1) is 17.6 Å². The van der Waals surface area contributed by atoms with Crippen molar-refractivity contribution in [2.24, 2.45) is 23.7 Å². The molecule has 0 spiro atoms. The van der Waals surface area contributed by atoms with E-state index >= 15 is 0 Å². The third-order valence-electron chi connectivity index (χ3n) is 5.26. The first kappa shape index (κ1) is 17.5. The molecule has 0 radical (unpaired) electrons. The summed E-state index contributed by atoms with van der Waals surface area (Å²) in [5, 5.41) is 4.74. The molecule has 2 aromatic rings. The molecule has 1 unspecified atom stereocenters. The Hall–Kier alpha value is -1.93. The fourth-order valence-corrected chi connectivity index (χ4v) is 5.13. The monoisotopic (exact) mass is 378 g/mol. The highest BCUT2D eigenvalue weighted by Gasteiger charge is 2.52. The summed E-state index contributed by atoms with van der Waals surface area (Å²) < 4.78 is 35.9. The minimum absolute atomic E-state index is 0.00119. The van der Waals surface area contributed by atoms with Gasteiger partial charge in [0.15, 0.2) is 5.17 Å². The molecule has 26 heavy (non-hydrogen) atoms. The van der Waals surface area contributed by atoms with Crippen LogP contribution in [0.1, 0.15) is 30.6 Å². The molecule has 2 aliphatic heterocycles. The second kappa shape index (κ2) is 6.35. The van der Waals surface area contributed by atoms with Crippen LogP contribution in [0.4, 0.5) is 8.78 Å². The summed E-state index contributed by atoms with van der Waals surface area (Å²) in [5.74, 6) is -1.23. The first-order valence-corrected chi connectivity index (χ1v) is 9.34.